The summed E-state index contributed by atoms with van der Waals surface area (Å²) in [5.41, 5.74) is 8.36. The molecular formula is C13H20N4. The van der Waals surface area contributed by atoms with E-state index in [1.807, 2.05) is 0 Å². The van der Waals surface area contributed by atoms with Crippen molar-refractivity contribution in [2.24, 2.45) is 0 Å². The summed E-state index contributed by atoms with van der Waals surface area (Å²) in [6, 6.07) is 0. The number of nitrogens with one attached hydrogen (secondary N) is 1. The predicted octanol–water partition coefficient (Wildman–Crippen LogP) is 1.75. The Morgan fingerprint density at radius 3 is 2.76 bits per heavy atom. The van der Waals surface area contributed by atoms with E-state index in [4.69, 9.17) is 10.7 Å². The highest BCUT2D eigenvalue weighted by molar-refractivity contribution is 5.43. The van der Waals surface area contributed by atoms with E-state index >= 15 is 0 Å². The summed E-state index contributed by atoms with van der Waals surface area (Å²) in [4.78, 5) is 9.30. The highest BCUT2D eigenvalue weighted by Crippen LogP contribution is 2.32. The number of fused-ring (bicyclic) bond motifs is 1. The molecular weight excluding hydrogens is 212 g/mol. The Balaban J connectivity index is 1.92. The quantitative estimate of drug-likeness (QED) is 0.774. The van der Waals surface area contributed by atoms with Crippen LogP contribution >= 0.6 is 0 Å². The lowest BCUT2D eigenvalue weighted by molar-refractivity contribution is 0.426. The smallest absolute Gasteiger partial charge is 0.134 e. The van der Waals surface area contributed by atoms with Crippen molar-refractivity contribution in [3.8, 4) is 0 Å². The standard InChI is InChI=1S/C13H20N4/c14-12-10-8-15-7-6-11(10)16-13(17-12)9-4-2-1-3-5-9/h9,15H,1-8H2,(H2,14,16,17). The zero-order chi connectivity index (χ0) is 11.7. The molecule has 2 aliphatic rings. The Morgan fingerprint density at radius 1 is 1.12 bits per heavy atom. The van der Waals surface area contributed by atoms with Gasteiger partial charge in [0.1, 0.15) is 11.6 Å². The number of nitrogen functional groups attached to an aromatic ring is 1. The molecule has 1 fully saturated rings. The van der Waals surface area contributed by atoms with Gasteiger partial charge in [-0.1, -0.05) is 19.3 Å². The first-order valence-corrected chi connectivity index (χ1v) is 6.70. The summed E-state index contributed by atoms with van der Waals surface area (Å²) in [5.74, 6) is 2.25. The van der Waals surface area contributed by atoms with E-state index in [9.17, 15) is 0 Å². The second-order valence-corrected chi connectivity index (χ2v) is 5.15. The highest BCUT2D eigenvalue weighted by Gasteiger charge is 2.22. The van der Waals surface area contributed by atoms with Crippen LogP contribution in [0, 0.1) is 0 Å². The molecule has 0 atom stereocenters. The molecule has 1 saturated carbocycles. The van der Waals surface area contributed by atoms with Gasteiger partial charge in [-0.3, -0.25) is 0 Å². The number of anilines is 1. The zero-order valence-electron chi connectivity index (χ0n) is 10.2. The van der Waals surface area contributed by atoms with Gasteiger partial charge in [-0.05, 0) is 12.8 Å². The first-order chi connectivity index (χ1) is 8.34. The minimum atomic E-state index is 0.547. The Hall–Kier alpha value is -1.16. The normalized spacial score (nSPS) is 21.2. The van der Waals surface area contributed by atoms with Crippen LogP contribution in [-0.2, 0) is 13.0 Å². The summed E-state index contributed by atoms with van der Waals surface area (Å²) in [6.45, 7) is 1.83. The molecule has 4 heteroatoms. The Labute approximate surface area is 102 Å². The van der Waals surface area contributed by atoms with Crippen molar-refractivity contribution in [2.45, 2.75) is 51.0 Å². The van der Waals surface area contributed by atoms with Crippen molar-refractivity contribution < 1.29 is 0 Å². The van der Waals surface area contributed by atoms with Gasteiger partial charge in [-0.15, -0.1) is 0 Å². The number of hydrogen-bond acceptors (Lipinski definition) is 4. The first-order valence-electron chi connectivity index (χ1n) is 6.70. The maximum absolute atomic E-state index is 6.06. The molecule has 0 bridgehead atoms. The van der Waals surface area contributed by atoms with Gasteiger partial charge in [0, 0.05) is 31.0 Å². The van der Waals surface area contributed by atoms with Gasteiger partial charge in [0.2, 0.25) is 0 Å². The SMILES string of the molecule is Nc1nc(C2CCCCC2)nc2c1CNCC2. The van der Waals surface area contributed by atoms with E-state index in [0.29, 0.717) is 11.7 Å². The van der Waals surface area contributed by atoms with Crippen molar-refractivity contribution >= 4 is 5.82 Å². The molecule has 0 aromatic carbocycles. The average molecular weight is 232 g/mol. The summed E-state index contributed by atoms with van der Waals surface area (Å²) < 4.78 is 0. The fourth-order valence-electron chi connectivity index (χ4n) is 2.93. The van der Waals surface area contributed by atoms with Crippen LogP contribution in [0.15, 0.2) is 0 Å². The van der Waals surface area contributed by atoms with Gasteiger partial charge in [-0.2, -0.15) is 0 Å². The lowest BCUT2D eigenvalue weighted by Crippen LogP contribution is -2.27. The Bertz CT molecular complexity index is 410. The second-order valence-electron chi connectivity index (χ2n) is 5.15. The maximum Gasteiger partial charge on any atom is 0.134 e. The molecule has 1 aromatic rings. The van der Waals surface area contributed by atoms with Crippen LogP contribution in [0.5, 0.6) is 0 Å². The molecule has 17 heavy (non-hydrogen) atoms. The topological polar surface area (TPSA) is 63.8 Å². The minimum Gasteiger partial charge on any atom is -0.383 e. The summed E-state index contributed by atoms with van der Waals surface area (Å²) in [7, 11) is 0. The van der Waals surface area contributed by atoms with Crippen LogP contribution in [0.25, 0.3) is 0 Å². The number of nitrogens with two attached hydrogens (primary N) is 1. The van der Waals surface area contributed by atoms with Crippen molar-refractivity contribution in [2.75, 3.05) is 12.3 Å². The molecule has 0 radical (unpaired) electrons. The Kier molecular flexibility index (Phi) is 2.97. The lowest BCUT2D eigenvalue weighted by Gasteiger charge is -2.23. The number of nitrogens with zero attached hydrogens (tertiary/aromatic N) is 2. The van der Waals surface area contributed by atoms with Gasteiger partial charge in [0.25, 0.3) is 0 Å². The molecule has 3 rings (SSSR count). The van der Waals surface area contributed by atoms with Gasteiger partial charge in [0.05, 0.1) is 5.69 Å². The zero-order valence-corrected chi connectivity index (χ0v) is 10.2. The summed E-state index contributed by atoms with van der Waals surface area (Å²) >= 11 is 0. The third-order valence-corrected chi connectivity index (χ3v) is 3.95. The first kappa shape index (κ1) is 11.0. The third kappa shape index (κ3) is 2.14. The van der Waals surface area contributed by atoms with Crippen LogP contribution in [0.1, 0.15) is 55.1 Å². The molecule has 0 unspecified atom stereocenters. The van der Waals surface area contributed by atoms with Gasteiger partial charge in [-0.25, -0.2) is 9.97 Å². The van der Waals surface area contributed by atoms with Crippen LogP contribution in [0.3, 0.4) is 0 Å². The lowest BCUT2D eigenvalue weighted by atomic mass is 9.88. The van der Waals surface area contributed by atoms with E-state index in [1.54, 1.807) is 0 Å². The van der Waals surface area contributed by atoms with Crippen LogP contribution in [0.4, 0.5) is 5.82 Å². The molecule has 0 spiro atoms. The monoisotopic (exact) mass is 232 g/mol. The maximum atomic E-state index is 6.06. The molecule has 1 aliphatic carbocycles. The van der Waals surface area contributed by atoms with Crippen molar-refractivity contribution in [1.29, 1.82) is 0 Å². The second kappa shape index (κ2) is 4.61. The molecule has 4 nitrogen and oxygen atoms in total. The van der Waals surface area contributed by atoms with E-state index in [2.05, 4.69) is 10.3 Å². The molecule has 0 amide bonds. The molecule has 3 N–H and O–H groups in total. The highest BCUT2D eigenvalue weighted by atomic mass is 15.0. The molecule has 2 heterocycles. The van der Waals surface area contributed by atoms with E-state index in [-0.39, 0.29) is 0 Å². The fourth-order valence-corrected chi connectivity index (χ4v) is 2.93. The van der Waals surface area contributed by atoms with Gasteiger partial charge in [0.15, 0.2) is 0 Å². The largest absolute Gasteiger partial charge is 0.383 e. The fraction of sp³-hybridized carbons (Fsp3) is 0.692. The van der Waals surface area contributed by atoms with Crippen molar-refractivity contribution in [1.82, 2.24) is 15.3 Å². The van der Waals surface area contributed by atoms with Crippen molar-refractivity contribution in [3.05, 3.63) is 17.1 Å². The Morgan fingerprint density at radius 2 is 1.94 bits per heavy atom. The third-order valence-electron chi connectivity index (χ3n) is 3.95. The molecule has 1 aliphatic heterocycles. The predicted molar refractivity (Wildman–Crippen MR) is 67.7 cm³/mol. The summed E-state index contributed by atoms with van der Waals surface area (Å²) in [6.07, 6.45) is 7.44. The number of aromatic nitrogens is 2. The van der Waals surface area contributed by atoms with Gasteiger partial charge >= 0.3 is 0 Å². The van der Waals surface area contributed by atoms with Gasteiger partial charge < -0.3 is 11.1 Å². The summed E-state index contributed by atoms with van der Waals surface area (Å²) in [5, 5.41) is 3.32. The number of hydrogen-bond donors (Lipinski definition) is 2. The van der Waals surface area contributed by atoms with E-state index in [1.165, 1.54) is 37.8 Å². The van der Waals surface area contributed by atoms with E-state index in [0.717, 1.165) is 30.9 Å². The molecule has 1 aromatic heterocycles. The van der Waals surface area contributed by atoms with E-state index < -0.39 is 0 Å². The van der Waals surface area contributed by atoms with Crippen LogP contribution in [0.2, 0.25) is 0 Å². The molecule has 92 valence electrons. The van der Waals surface area contributed by atoms with Crippen LogP contribution < -0.4 is 11.1 Å². The molecule has 0 saturated heterocycles. The van der Waals surface area contributed by atoms with Crippen molar-refractivity contribution in [3.63, 3.8) is 0 Å². The minimum absolute atomic E-state index is 0.547. The van der Waals surface area contributed by atoms with Crippen LogP contribution in [-0.4, -0.2) is 16.5 Å². The number of rotatable bonds is 1. The average Bonchev–Trinajstić information content (AvgIpc) is 2.40.